The average molecular weight is 361 g/mol. The Balaban J connectivity index is 2.81. The van der Waals surface area contributed by atoms with Gasteiger partial charge in [0.25, 0.3) is 5.91 Å². The molecule has 0 aliphatic rings. The second kappa shape index (κ2) is 9.59. The highest BCUT2D eigenvalue weighted by Gasteiger charge is 2.13. The van der Waals surface area contributed by atoms with Gasteiger partial charge in [-0.3, -0.25) is 4.79 Å². The number of ether oxygens (including phenoxy) is 3. The van der Waals surface area contributed by atoms with Crippen molar-refractivity contribution in [2.75, 3.05) is 33.5 Å². The molecule has 6 nitrogen and oxygen atoms in total. The van der Waals surface area contributed by atoms with Crippen LogP contribution in [0.2, 0.25) is 0 Å². The van der Waals surface area contributed by atoms with Crippen LogP contribution in [0, 0.1) is 0 Å². The van der Waals surface area contributed by atoms with Crippen LogP contribution in [-0.2, 0) is 16.1 Å². The fourth-order valence-corrected chi connectivity index (χ4v) is 2.28. The quantitative estimate of drug-likeness (QED) is 0.617. The SMILES string of the molecule is CCOc1cc(CNCCOC)cc(Br)c1OCC(N)=O. The molecule has 0 aliphatic heterocycles. The smallest absolute Gasteiger partial charge is 0.255 e. The summed E-state index contributed by atoms with van der Waals surface area (Å²) in [5.41, 5.74) is 6.13. The molecular formula is C14H21BrN2O4. The van der Waals surface area contributed by atoms with Crippen molar-refractivity contribution in [1.29, 1.82) is 0 Å². The van der Waals surface area contributed by atoms with Crippen molar-refractivity contribution < 1.29 is 19.0 Å². The molecular weight excluding hydrogens is 340 g/mol. The number of carbonyl (C=O) groups excluding carboxylic acids is 1. The molecule has 0 radical (unpaired) electrons. The molecule has 0 aromatic heterocycles. The van der Waals surface area contributed by atoms with Gasteiger partial charge in [-0.15, -0.1) is 0 Å². The van der Waals surface area contributed by atoms with Crippen molar-refractivity contribution in [2.24, 2.45) is 5.73 Å². The van der Waals surface area contributed by atoms with Gasteiger partial charge >= 0.3 is 0 Å². The molecule has 1 aromatic rings. The van der Waals surface area contributed by atoms with Gasteiger partial charge in [-0.2, -0.15) is 0 Å². The third-order valence-electron chi connectivity index (χ3n) is 2.54. The van der Waals surface area contributed by atoms with Crippen LogP contribution in [0.1, 0.15) is 12.5 Å². The molecule has 0 unspecified atom stereocenters. The highest BCUT2D eigenvalue weighted by atomic mass is 79.9. The molecule has 1 aromatic carbocycles. The Bertz CT molecular complexity index is 469. The lowest BCUT2D eigenvalue weighted by molar-refractivity contribution is -0.119. The van der Waals surface area contributed by atoms with Gasteiger partial charge in [-0.05, 0) is 40.5 Å². The second-order valence-electron chi connectivity index (χ2n) is 4.26. The van der Waals surface area contributed by atoms with Crippen molar-refractivity contribution in [2.45, 2.75) is 13.5 Å². The third-order valence-corrected chi connectivity index (χ3v) is 3.13. The molecule has 0 atom stereocenters. The van der Waals surface area contributed by atoms with E-state index in [2.05, 4.69) is 21.2 Å². The lowest BCUT2D eigenvalue weighted by Crippen LogP contribution is -2.21. The van der Waals surface area contributed by atoms with Gasteiger partial charge in [-0.1, -0.05) is 0 Å². The van der Waals surface area contributed by atoms with Crippen molar-refractivity contribution in [1.82, 2.24) is 5.32 Å². The van der Waals surface area contributed by atoms with E-state index in [0.29, 0.717) is 31.3 Å². The lowest BCUT2D eigenvalue weighted by atomic mass is 10.2. The Morgan fingerprint density at radius 3 is 2.76 bits per heavy atom. The number of amides is 1. The van der Waals surface area contributed by atoms with Gasteiger partial charge in [0, 0.05) is 20.2 Å². The van der Waals surface area contributed by atoms with E-state index >= 15 is 0 Å². The van der Waals surface area contributed by atoms with Crippen LogP contribution in [0.25, 0.3) is 0 Å². The Hall–Kier alpha value is -1.31. The molecule has 0 bridgehead atoms. The Kier molecular flexibility index (Phi) is 8.11. The number of primary amides is 1. The summed E-state index contributed by atoms with van der Waals surface area (Å²) in [6, 6.07) is 3.79. The summed E-state index contributed by atoms with van der Waals surface area (Å²) >= 11 is 3.43. The van der Waals surface area contributed by atoms with E-state index in [9.17, 15) is 4.79 Å². The van der Waals surface area contributed by atoms with E-state index in [1.54, 1.807) is 7.11 Å². The van der Waals surface area contributed by atoms with Gasteiger partial charge < -0.3 is 25.3 Å². The molecule has 21 heavy (non-hydrogen) atoms. The van der Waals surface area contributed by atoms with Crippen molar-refractivity contribution in [3.05, 3.63) is 22.2 Å². The summed E-state index contributed by atoms with van der Waals surface area (Å²) in [7, 11) is 1.66. The molecule has 0 aliphatic carbocycles. The molecule has 118 valence electrons. The maximum absolute atomic E-state index is 10.8. The number of nitrogens with one attached hydrogen (secondary N) is 1. The van der Waals surface area contributed by atoms with Crippen molar-refractivity contribution in [3.63, 3.8) is 0 Å². The fraction of sp³-hybridized carbons (Fsp3) is 0.500. The van der Waals surface area contributed by atoms with E-state index < -0.39 is 5.91 Å². The third kappa shape index (κ3) is 6.33. The first kappa shape index (κ1) is 17.7. The minimum absolute atomic E-state index is 0.190. The van der Waals surface area contributed by atoms with Crippen LogP contribution in [0.5, 0.6) is 11.5 Å². The number of hydrogen-bond acceptors (Lipinski definition) is 5. The van der Waals surface area contributed by atoms with Crippen LogP contribution in [-0.4, -0.2) is 39.4 Å². The first-order valence-electron chi connectivity index (χ1n) is 6.64. The highest BCUT2D eigenvalue weighted by molar-refractivity contribution is 9.10. The van der Waals surface area contributed by atoms with Gasteiger partial charge in [0.2, 0.25) is 0 Å². The summed E-state index contributed by atoms with van der Waals surface area (Å²) in [6.45, 7) is 4.29. The molecule has 0 saturated carbocycles. The molecule has 7 heteroatoms. The minimum Gasteiger partial charge on any atom is -0.490 e. The predicted molar refractivity (Wildman–Crippen MR) is 83.6 cm³/mol. The van der Waals surface area contributed by atoms with E-state index in [-0.39, 0.29) is 6.61 Å². The molecule has 1 amide bonds. The summed E-state index contributed by atoms with van der Waals surface area (Å²) in [4.78, 5) is 10.8. The van der Waals surface area contributed by atoms with E-state index in [1.165, 1.54) is 0 Å². The summed E-state index contributed by atoms with van der Waals surface area (Å²) in [5.74, 6) is 0.530. The molecule has 0 spiro atoms. The Labute approximate surface area is 133 Å². The number of carbonyl (C=O) groups is 1. The molecule has 0 heterocycles. The average Bonchev–Trinajstić information content (AvgIpc) is 2.43. The van der Waals surface area contributed by atoms with E-state index in [1.807, 2.05) is 19.1 Å². The standard InChI is InChI=1S/C14H21BrN2O4/c1-3-20-12-7-10(8-17-4-5-19-2)6-11(15)14(12)21-9-13(16)18/h6-7,17H,3-5,8-9H2,1-2H3,(H2,16,18). The number of nitrogens with two attached hydrogens (primary N) is 1. The zero-order valence-electron chi connectivity index (χ0n) is 12.3. The first-order chi connectivity index (χ1) is 10.1. The van der Waals surface area contributed by atoms with Crippen molar-refractivity contribution in [3.8, 4) is 11.5 Å². The second-order valence-corrected chi connectivity index (χ2v) is 5.12. The maximum atomic E-state index is 10.8. The highest BCUT2D eigenvalue weighted by Crippen LogP contribution is 2.36. The van der Waals surface area contributed by atoms with Crippen LogP contribution < -0.4 is 20.5 Å². The Morgan fingerprint density at radius 1 is 1.38 bits per heavy atom. The summed E-state index contributed by atoms with van der Waals surface area (Å²) in [5, 5.41) is 3.25. The van der Waals surface area contributed by atoms with Gasteiger partial charge in [0.1, 0.15) is 0 Å². The summed E-state index contributed by atoms with van der Waals surface area (Å²) in [6.07, 6.45) is 0. The normalized spacial score (nSPS) is 10.4. The predicted octanol–water partition coefficient (Wildman–Crippen LogP) is 1.45. The number of methoxy groups -OCH3 is 1. The fourth-order valence-electron chi connectivity index (χ4n) is 1.68. The summed E-state index contributed by atoms with van der Waals surface area (Å²) < 4.78 is 16.7. The first-order valence-corrected chi connectivity index (χ1v) is 7.43. The Morgan fingerprint density at radius 2 is 2.14 bits per heavy atom. The van der Waals surface area contributed by atoms with Gasteiger partial charge in [-0.25, -0.2) is 0 Å². The lowest BCUT2D eigenvalue weighted by Gasteiger charge is -2.15. The minimum atomic E-state index is -0.533. The largest absolute Gasteiger partial charge is 0.490 e. The van der Waals surface area contributed by atoms with Crippen LogP contribution >= 0.6 is 15.9 Å². The zero-order valence-corrected chi connectivity index (χ0v) is 13.9. The van der Waals surface area contributed by atoms with Crippen LogP contribution in [0.15, 0.2) is 16.6 Å². The van der Waals surface area contributed by atoms with Gasteiger partial charge in [0.05, 0.1) is 17.7 Å². The number of halogens is 1. The van der Waals surface area contributed by atoms with E-state index in [0.717, 1.165) is 16.6 Å². The zero-order chi connectivity index (χ0) is 15.7. The molecule has 0 saturated heterocycles. The molecule has 0 fully saturated rings. The number of rotatable bonds is 10. The number of hydrogen-bond donors (Lipinski definition) is 2. The topological polar surface area (TPSA) is 82.8 Å². The molecule has 1 rings (SSSR count). The van der Waals surface area contributed by atoms with E-state index in [4.69, 9.17) is 19.9 Å². The van der Waals surface area contributed by atoms with Crippen molar-refractivity contribution >= 4 is 21.8 Å². The monoisotopic (exact) mass is 360 g/mol. The molecule has 3 N–H and O–H groups in total. The van der Waals surface area contributed by atoms with Crippen LogP contribution in [0.3, 0.4) is 0 Å². The van der Waals surface area contributed by atoms with Gasteiger partial charge in [0.15, 0.2) is 18.1 Å². The van der Waals surface area contributed by atoms with Crippen LogP contribution in [0.4, 0.5) is 0 Å². The number of benzene rings is 1. The maximum Gasteiger partial charge on any atom is 0.255 e.